The van der Waals surface area contributed by atoms with E-state index in [1.807, 2.05) is 53.4 Å². The third-order valence-corrected chi connectivity index (χ3v) is 10.4. The number of amides is 1. The lowest BCUT2D eigenvalue weighted by Gasteiger charge is -2.31. The minimum Gasteiger partial charge on any atom is -0.496 e. The molecule has 0 atom stereocenters. The van der Waals surface area contributed by atoms with Crippen molar-refractivity contribution in [2.75, 3.05) is 40.4 Å². The van der Waals surface area contributed by atoms with Crippen LogP contribution in [0.5, 0.6) is 11.6 Å². The first kappa shape index (κ1) is 35.1. The summed E-state index contributed by atoms with van der Waals surface area (Å²) in [6.45, 7) is 6.61. The number of aromatic nitrogens is 2. The number of piperidine rings is 2. The Morgan fingerprint density at radius 2 is 1.53 bits per heavy atom. The molecule has 4 heterocycles. The lowest BCUT2D eigenvalue weighted by molar-refractivity contribution is -0.129. The molecule has 0 spiro atoms. The van der Waals surface area contributed by atoms with Crippen LogP contribution in [0.25, 0.3) is 33.6 Å². The maximum Gasteiger partial charge on any atom is 0.219 e. The third-order valence-electron chi connectivity index (χ3n) is 9.59. The molecule has 6 rings (SSSR count). The minimum atomic E-state index is 0.135. The van der Waals surface area contributed by atoms with Crippen molar-refractivity contribution in [3.8, 4) is 45.3 Å². The van der Waals surface area contributed by atoms with E-state index >= 15 is 0 Å². The van der Waals surface area contributed by atoms with Gasteiger partial charge in [-0.05, 0) is 57.0 Å². The van der Waals surface area contributed by atoms with Crippen LogP contribution in [0.4, 0.5) is 0 Å². The van der Waals surface area contributed by atoms with Gasteiger partial charge in [0.25, 0.3) is 0 Å². The molecule has 2 aliphatic heterocycles. The second kappa shape index (κ2) is 16.3. The molecular weight excluding hydrogens is 659 g/mol. The maximum absolute atomic E-state index is 11.7. The molecule has 3 N–H and O–H groups in total. The monoisotopic (exact) mass is 702 g/mol. The number of benzene rings is 2. The summed E-state index contributed by atoms with van der Waals surface area (Å²) in [6.07, 6.45) is 5.83. The van der Waals surface area contributed by atoms with Crippen molar-refractivity contribution < 1.29 is 14.3 Å². The van der Waals surface area contributed by atoms with Gasteiger partial charge >= 0.3 is 0 Å². The molecule has 0 saturated carbocycles. The van der Waals surface area contributed by atoms with Crippen molar-refractivity contribution >= 4 is 29.1 Å². The van der Waals surface area contributed by atoms with Gasteiger partial charge in [-0.25, -0.2) is 4.98 Å². The zero-order valence-electron chi connectivity index (χ0n) is 28.3. The normalized spacial score (nSPS) is 15.7. The molecule has 1 amide bonds. The molecule has 258 valence electrons. The van der Waals surface area contributed by atoms with Crippen molar-refractivity contribution in [2.24, 2.45) is 0 Å². The van der Waals surface area contributed by atoms with Gasteiger partial charge in [0.15, 0.2) is 0 Å². The first-order valence-electron chi connectivity index (χ1n) is 16.9. The van der Waals surface area contributed by atoms with Crippen LogP contribution in [0.2, 0.25) is 10.0 Å². The van der Waals surface area contributed by atoms with Crippen LogP contribution >= 0.6 is 23.2 Å². The van der Waals surface area contributed by atoms with Crippen LogP contribution < -0.4 is 25.4 Å². The quantitative estimate of drug-likeness (QED) is 0.158. The van der Waals surface area contributed by atoms with Gasteiger partial charge in [-0.2, -0.15) is 0 Å². The van der Waals surface area contributed by atoms with Crippen LogP contribution in [-0.2, 0) is 17.9 Å². The van der Waals surface area contributed by atoms with E-state index in [9.17, 15) is 4.79 Å². The number of hydrogen-bond acceptors (Lipinski definition) is 8. The van der Waals surface area contributed by atoms with E-state index in [1.54, 1.807) is 27.3 Å². The molecule has 2 saturated heterocycles. The van der Waals surface area contributed by atoms with Crippen molar-refractivity contribution in [1.29, 1.82) is 0 Å². The predicted octanol–water partition coefficient (Wildman–Crippen LogP) is 6.74. The molecular formula is C38H44Cl2N6O3. The van der Waals surface area contributed by atoms with Crippen molar-refractivity contribution in [2.45, 2.75) is 57.8 Å². The summed E-state index contributed by atoms with van der Waals surface area (Å²) in [6, 6.07) is 18.7. The fourth-order valence-electron chi connectivity index (χ4n) is 6.69. The molecule has 2 aromatic carbocycles. The maximum atomic E-state index is 11.7. The highest BCUT2D eigenvalue weighted by Gasteiger charge is 2.22. The van der Waals surface area contributed by atoms with Gasteiger partial charge in [0.05, 0.1) is 35.7 Å². The Morgan fingerprint density at radius 3 is 2.24 bits per heavy atom. The number of rotatable bonds is 11. The molecule has 2 aromatic heterocycles. The van der Waals surface area contributed by atoms with Crippen molar-refractivity contribution in [1.82, 2.24) is 30.8 Å². The van der Waals surface area contributed by atoms with Crippen LogP contribution in [-0.4, -0.2) is 73.3 Å². The average Bonchev–Trinajstić information content (AvgIpc) is 3.14. The van der Waals surface area contributed by atoms with E-state index in [1.165, 1.54) is 0 Å². The first-order chi connectivity index (χ1) is 23.9. The van der Waals surface area contributed by atoms with Crippen LogP contribution in [0, 0.1) is 0 Å². The standard InChI is InChI=1S/C38H44Cl2N6O3/c1-24(47)46-19-14-29(15-20-46)44-23-27-9-10-33(45-38(27)49-3)32-6-4-5-30(35(32)39)31-13-18-42-37(36(31)40)25-7-8-26(34(21-25)48-2)22-43-28-11-16-41-17-12-28/h4-10,13,18,21,28-29,41,43-44H,11-12,14-17,19-20,22-23H2,1-3H3. The SMILES string of the molecule is COc1cc(-c2nccc(-c3cccc(-c4ccc(CNC5CCN(C(C)=O)CC5)c(OC)n4)c3Cl)c2Cl)ccc1CNC1CCNCC1. The summed E-state index contributed by atoms with van der Waals surface area (Å²) >= 11 is 14.2. The second-order valence-electron chi connectivity index (χ2n) is 12.6. The zero-order chi connectivity index (χ0) is 34.3. The number of nitrogens with zero attached hydrogens (tertiary/aromatic N) is 3. The van der Waals surface area contributed by atoms with Crippen LogP contribution in [0.15, 0.2) is 60.8 Å². The fourth-order valence-corrected chi connectivity index (χ4v) is 7.34. The Bertz CT molecular complexity index is 1770. The molecule has 9 nitrogen and oxygen atoms in total. The largest absolute Gasteiger partial charge is 0.496 e. The summed E-state index contributed by atoms with van der Waals surface area (Å²) in [7, 11) is 3.32. The van der Waals surface area contributed by atoms with Crippen molar-refractivity contribution in [3.05, 3.63) is 82.0 Å². The number of carbonyl (C=O) groups is 1. The number of hydrogen-bond donors (Lipinski definition) is 3. The molecule has 4 aromatic rings. The lowest BCUT2D eigenvalue weighted by atomic mass is 9.99. The molecule has 0 radical (unpaired) electrons. The number of nitrogens with one attached hydrogen (secondary N) is 3. The van der Waals surface area contributed by atoms with Gasteiger partial charge in [0, 0.05) is 84.8 Å². The highest BCUT2D eigenvalue weighted by molar-refractivity contribution is 6.39. The number of pyridine rings is 2. The van der Waals surface area contributed by atoms with E-state index in [-0.39, 0.29) is 5.91 Å². The number of halogens is 2. The van der Waals surface area contributed by atoms with Crippen molar-refractivity contribution in [3.63, 3.8) is 0 Å². The summed E-state index contributed by atoms with van der Waals surface area (Å²) in [5, 5.41) is 11.7. The van der Waals surface area contributed by atoms with Gasteiger partial charge in [0.2, 0.25) is 11.8 Å². The van der Waals surface area contributed by atoms with E-state index in [4.69, 9.17) is 37.7 Å². The van der Waals surface area contributed by atoms with E-state index in [0.717, 1.165) is 97.5 Å². The Balaban J connectivity index is 1.21. The Kier molecular flexibility index (Phi) is 11.7. The summed E-state index contributed by atoms with van der Waals surface area (Å²) < 4.78 is 11.5. The molecule has 0 aliphatic carbocycles. The zero-order valence-corrected chi connectivity index (χ0v) is 29.8. The van der Waals surface area contributed by atoms with Gasteiger partial charge in [-0.1, -0.05) is 59.6 Å². The molecule has 0 unspecified atom stereocenters. The molecule has 0 bridgehead atoms. The molecule has 2 fully saturated rings. The number of carbonyl (C=O) groups excluding carboxylic acids is 1. The third kappa shape index (κ3) is 8.19. The summed E-state index contributed by atoms with van der Waals surface area (Å²) in [4.78, 5) is 23.1. The van der Waals surface area contributed by atoms with Gasteiger partial charge in [-0.15, -0.1) is 0 Å². The minimum absolute atomic E-state index is 0.135. The summed E-state index contributed by atoms with van der Waals surface area (Å²) in [5.41, 5.74) is 6.59. The van der Waals surface area contributed by atoms with Gasteiger partial charge < -0.3 is 30.3 Å². The predicted molar refractivity (Wildman–Crippen MR) is 196 cm³/mol. The lowest BCUT2D eigenvalue weighted by Crippen LogP contribution is -2.44. The van der Waals surface area contributed by atoms with Crippen LogP contribution in [0.1, 0.15) is 43.7 Å². The van der Waals surface area contributed by atoms with E-state index < -0.39 is 0 Å². The van der Waals surface area contributed by atoms with Gasteiger partial charge in [0.1, 0.15) is 5.75 Å². The Hall–Kier alpha value is -3.73. The second-order valence-corrected chi connectivity index (χ2v) is 13.4. The average molecular weight is 704 g/mol. The fraction of sp³-hybridized carbons (Fsp3) is 0.395. The number of likely N-dealkylation sites (tertiary alicyclic amines) is 1. The van der Waals surface area contributed by atoms with E-state index in [2.05, 4.69) is 27.0 Å². The Labute approximate surface area is 298 Å². The Morgan fingerprint density at radius 1 is 0.857 bits per heavy atom. The molecule has 2 aliphatic rings. The topological polar surface area (TPSA) is 101 Å². The van der Waals surface area contributed by atoms with Crippen LogP contribution in [0.3, 0.4) is 0 Å². The van der Waals surface area contributed by atoms with E-state index in [0.29, 0.717) is 45.9 Å². The highest BCUT2D eigenvalue weighted by atomic mass is 35.5. The molecule has 11 heteroatoms. The number of methoxy groups -OCH3 is 2. The highest BCUT2D eigenvalue weighted by Crippen LogP contribution is 2.42. The number of ether oxygens (including phenoxy) is 2. The van der Waals surface area contributed by atoms with Gasteiger partial charge in [-0.3, -0.25) is 9.78 Å². The summed E-state index contributed by atoms with van der Waals surface area (Å²) in [5.74, 6) is 1.47. The first-order valence-corrected chi connectivity index (χ1v) is 17.7. The smallest absolute Gasteiger partial charge is 0.219 e. The molecule has 49 heavy (non-hydrogen) atoms.